The van der Waals surface area contributed by atoms with Crippen molar-refractivity contribution in [1.82, 2.24) is 15.5 Å². The van der Waals surface area contributed by atoms with Gasteiger partial charge in [0.15, 0.2) is 0 Å². The van der Waals surface area contributed by atoms with Crippen LogP contribution in [0.5, 0.6) is 5.75 Å². The van der Waals surface area contributed by atoms with Gasteiger partial charge in [0.25, 0.3) is 0 Å². The summed E-state index contributed by atoms with van der Waals surface area (Å²) in [6, 6.07) is 21.8. The highest BCUT2D eigenvalue weighted by Crippen LogP contribution is 2.37. The summed E-state index contributed by atoms with van der Waals surface area (Å²) in [5.41, 5.74) is 2.23. The van der Waals surface area contributed by atoms with Gasteiger partial charge in [0.2, 0.25) is 11.8 Å². The second-order valence-corrected chi connectivity index (χ2v) is 11.5. The number of nitrogens with one attached hydrogen (secondary N) is 2. The summed E-state index contributed by atoms with van der Waals surface area (Å²) in [4.78, 5) is 42.8. The van der Waals surface area contributed by atoms with E-state index in [0.717, 1.165) is 24.0 Å². The summed E-state index contributed by atoms with van der Waals surface area (Å²) >= 11 is 0. The van der Waals surface area contributed by atoms with E-state index in [1.807, 2.05) is 60.7 Å². The highest BCUT2D eigenvalue weighted by Gasteiger charge is 2.44. The standard InChI is InChI=1S/C33H39N3O5/c1-22-19-25(15-18-28(22)37)29(30(38)34-21-24-13-9-6-10-14-24)36(26-16-17-26)31(39)27(20-23-11-7-5-8-12-23)35-32(40)41-33(2,3)4/h5-15,18-19,26-27,29,37H,16-17,20-21H2,1-4H3,(H,34,38)(H,35,40). The lowest BCUT2D eigenvalue weighted by Gasteiger charge is -2.35. The van der Waals surface area contributed by atoms with Gasteiger partial charge in [-0.05, 0) is 74.9 Å². The summed E-state index contributed by atoms with van der Waals surface area (Å²) in [5.74, 6) is -0.599. The second kappa shape index (κ2) is 12.9. The fourth-order valence-corrected chi connectivity index (χ4v) is 4.72. The zero-order chi connectivity index (χ0) is 29.6. The van der Waals surface area contributed by atoms with E-state index in [1.165, 1.54) is 6.07 Å². The topological polar surface area (TPSA) is 108 Å². The number of hydrogen-bond donors (Lipinski definition) is 3. The molecule has 4 rings (SSSR count). The minimum atomic E-state index is -0.963. The van der Waals surface area contributed by atoms with E-state index in [-0.39, 0.29) is 30.0 Å². The first kappa shape index (κ1) is 29.6. The Hall–Kier alpha value is -4.33. The van der Waals surface area contributed by atoms with Gasteiger partial charge in [0.05, 0.1) is 0 Å². The summed E-state index contributed by atoms with van der Waals surface area (Å²) in [7, 11) is 0. The monoisotopic (exact) mass is 557 g/mol. The molecule has 2 unspecified atom stereocenters. The van der Waals surface area contributed by atoms with Crippen LogP contribution in [0.1, 0.15) is 61.9 Å². The molecule has 0 spiro atoms. The van der Waals surface area contributed by atoms with Crippen molar-refractivity contribution in [3.63, 3.8) is 0 Å². The third kappa shape index (κ3) is 8.33. The Kier molecular flexibility index (Phi) is 9.32. The van der Waals surface area contributed by atoms with Crippen LogP contribution < -0.4 is 10.6 Å². The number of phenolic OH excluding ortho intramolecular Hbond substituents is 1. The van der Waals surface area contributed by atoms with E-state index in [9.17, 15) is 19.5 Å². The van der Waals surface area contributed by atoms with Crippen LogP contribution in [0.4, 0.5) is 4.79 Å². The number of rotatable bonds is 10. The predicted octanol–water partition coefficient (Wildman–Crippen LogP) is 5.19. The maximum atomic E-state index is 14.4. The number of aromatic hydroxyl groups is 1. The largest absolute Gasteiger partial charge is 0.508 e. The molecule has 8 nitrogen and oxygen atoms in total. The number of carbonyl (C=O) groups is 3. The molecule has 1 aliphatic carbocycles. The van der Waals surface area contributed by atoms with Crippen LogP contribution in [0.15, 0.2) is 78.9 Å². The van der Waals surface area contributed by atoms with Crippen molar-refractivity contribution in [2.75, 3.05) is 0 Å². The van der Waals surface area contributed by atoms with Crippen LogP contribution in [0, 0.1) is 6.92 Å². The Balaban J connectivity index is 1.69. The summed E-state index contributed by atoms with van der Waals surface area (Å²) in [6.07, 6.45) is 1.02. The molecule has 0 heterocycles. The normalized spacial score (nSPS) is 14.4. The van der Waals surface area contributed by atoms with E-state index in [0.29, 0.717) is 17.7 Å². The lowest BCUT2D eigenvalue weighted by atomic mass is 9.98. The first-order valence-electron chi connectivity index (χ1n) is 14.0. The molecule has 0 bridgehead atoms. The second-order valence-electron chi connectivity index (χ2n) is 11.5. The summed E-state index contributed by atoms with van der Waals surface area (Å²) in [6.45, 7) is 7.33. The van der Waals surface area contributed by atoms with Gasteiger partial charge < -0.3 is 25.4 Å². The summed E-state index contributed by atoms with van der Waals surface area (Å²) in [5, 5.41) is 16.0. The molecule has 3 amide bonds. The molecule has 0 radical (unpaired) electrons. The van der Waals surface area contributed by atoms with Crippen molar-refractivity contribution < 1.29 is 24.2 Å². The highest BCUT2D eigenvalue weighted by molar-refractivity contribution is 5.92. The molecule has 41 heavy (non-hydrogen) atoms. The smallest absolute Gasteiger partial charge is 0.408 e. The average molecular weight is 558 g/mol. The van der Waals surface area contributed by atoms with E-state index in [4.69, 9.17) is 4.74 Å². The van der Waals surface area contributed by atoms with Crippen LogP contribution in [0.2, 0.25) is 0 Å². The Morgan fingerprint density at radius 1 is 0.951 bits per heavy atom. The lowest BCUT2D eigenvalue weighted by molar-refractivity contribution is -0.143. The molecule has 8 heteroatoms. The van der Waals surface area contributed by atoms with Gasteiger partial charge in [-0.3, -0.25) is 9.59 Å². The SMILES string of the molecule is Cc1cc(C(C(=O)NCc2ccccc2)N(C(=O)C(Cc2ccccc2)NC(=O)OC(C)(C)C)C2CC2)ccc1O. The fourth-order valence-electron chi connectivity index (χ4n) is 4.72. The number of ether oxygens (including phenoxy) is 1. The van der Waals surface area contributed by atoms with Crippen molar-refractivity contribution in [1.29, 1.82) is 0 Å². The molecule has 0 aromatic heterocycles. The number of carbonyl (C=O) groups excluding carboxylic acids is 3. The number of benzene rings is 3. The number of amides is 3. The molecule has 3 N–H and O–H groups in total. The average Bonchev–Trinajstić information content (AvgIpc) is 3.77. The molecular formula is C33H39N3O5. The molecule has 216 valence electrons. The Bertz CT molecular complexity index is 1350. The van der Waals surface area contributed by atoms with Crippen molar-refractivity contribution in [2.24, 2.45) is 0 Å². The Labute approximate surface area is 241 Å². The van der Waals surface area contributed by atoms with Gasteiger partial charge in [-0.25, -0.2) is 4.79 Å². The number of alkyl carbamates (subject to hydrolysis) is 1. The number of aryl methyl sites for hydroxylation is 1. The van der Waals surface area contributed by atoms with Gasteiger partial charge in [-0.2, -0.15) is 0 Å². The van der Waals surface area contributed by atoms with Crippen LogP contribution in [-0.2, 0) is 27.3 Å². The van der Waals surface area contributed by atoms with Crippen molar-refractivity contribution in [3.05, 3.63) is 101 Å². The van der Waals surface area contributed by atoms with E-state index in [2.05, 4.69) is 10.6 Å². The molecule has 1 saturated carbocycles. The van der Waals surface area contributed by atoms with Gasteiger partial charge in [-0.1, -0.05) is 66.7 Å². The zero-order valence-corrected chi connectivity index (χ0v) is 24.1. The maximum Gasteiger partial charge on any atom is 0.408 e. The molecular weight excluding hydrogens is 518 g/mol. The van der Waals surface area contributed by atoms with Gasteiger partial charge in [0, 0.05) is 19.0 Å². The first-order valence-corrected chi connectivity index (χ1v) is 14.0. The third-order valence-corrected chi connectivity index (χ3v) is 6.84. The first-order chi connectivity index (χ1) is 19.5. The molecule has 2 atom stereocenters. The molecule has 3 aromatic rings. The number of hydrogen-bond acceptors (Lipinski definition) is 5. The quantitative estimate of drug-likeness (QED) is 0.318. The van der Waals surface area contributed by atoms with Crippen LogP contribution in [-0.4, -0.2) is 45.6 Å². The van der Waals surface area contributed by atoms with E-state index < -0.39 is 23.8 Å². The molecule has 1 fully saturated rings. The molecule has 0 saturated heterocycles. The Morgan fingerprint density at radius 2 is 1.56 bits per heavy atom. The fraction of sp³-hybridized carbons (Fsp3) is 0.364. The minimum Gasteiger partial charge on any atom is -0.508 e. The maximum absolute atomic E-state index is 14.4. The molecule has 0 aliphatic heterocycles. The highest BCUT2D eigenvalue weighted by atomic mass is 16.6. The van der Waals surface area contributed by atoms with Gasteiger partial charge in [0.1, 0.15) is 23.4 Å². The van der Waals surface area contributed by atoms with Crippen molar-refractivity contribution in [2.45, 2.75) is 77.2 Å². The van der Waals surface area contributed by atoms with Crippen LogP contribution in [0.3, 0.4) is 0 Å². The molecule has 1 aliphatic rings. The summed E-state index contributed by atoms with van der Waals surface area (Å²) < 4.78 is 5.49. The van der Waals surface area contributed by atoms with Crippen molar-refractivity contribution >= 4 is 17.9 Å². The van der Waals surface area contributed by atoms with Gasteiger partial charge >= 0.3 is 6.09 Å². The Morgan fingerprint density at radius 3 is 2.12 bits per heavy atom. The molecule has 3 aromatic carbocycles. The minimum absolute atomic E-state index is 0.107. The zero-order valence-electron chi connectivity index (χ0n) is 24.1. The van der Waals surface area contributed by atoms with E-state index in [1.54, 1.807) is 44.7 Å². The third-order valence-electron chi connectivity index (χ3n) is 6.84. The predicted molar refractivity (Wildman–Crippen MR) is 157 cm³/mol. The lowest BCUT2D eigenvalue weighted by Crippen LogP contribution is -2.54. The van der Waals surface area contributed by atoms with Crippen LogP contribution >= 0.6 is 0 Å². The number of nitrogens with zero attached hydrogens (tertiary/aromatic N) is 1. The van der Waals surface area contributed by atoms with E-state index >= 15 is 0 Å². The van der Waals surface area contributed by atoms with Crippen molar-refractivity contribution in [3.8, 4) is 5.75 Å². The van der Waals surface area contributed by atoms with Crippen LogP contribution in [0.25, 0.3) is 0 Å². The van der Waals surface area contributed by atoms with Gasteiger partial charge in [-0.15, -0.1) is 0 Å². The number of phenols is 1.